The Kier molecular flexibility index (Phi) is 5.16. The van der Waals surface area contributed by atoms with Crippen LogP contribution in [0.2, 0.25) is 0 Å². The van der Waals surface area contributed by atoms with E-state index in [1.807, 2.05) is 43.1 Å². The Morgan fingerprint density at radius 1 is 1.07 bits per heavy atom. The van der Waals surface area contributed by atoms with Gasteiger partial charge in [0.1, 0.15) is 5.75 Å². The summed E-state index contributed by atoms with van der Waals surface area (Å²) < 4.78 is 7.23. The van der Waals surface area contributed by atoms with Gasteiger partial charge < -0.3 is 14.5 Å². The molecule has 0 bridgehead atoms. The summed E-state index contributed by atoms with van der Waals surface area (Å²) in [5.41, 5.74) is 3.34. The molecule has 8 nitrogen and oxygen atoms in total. The molecule has 0 saturated carbocycles. The molecule has 0 atom stereocenters. The van der Waals surface area contributed by atoms with Crippen LogP contribution in [-0.4, -0.2) is 63.8 Å². The van der Waals surface area contributed by atoms with Gasteiger partial charge in [-0.3, -0.25) is 9.48 Å². The summed E-state index contributed by atoms with van der Waals surface area (Å²) in [6, 6.07) is 9.62. The van der Waals surface area contributed by atoms with Crippen molar-refractivity contribution >= 4 is 11.9 Å². The first-order chi connectivity index (χ1) is 14.1. The minimum absolute atomic E-state index is 0.0629. The molecular weight excluding hydrogens is 368 g/mol. The molecule has 1 aliphatic rings. The summed E-state index contributed by atoms with van der Waals surface area (Å²) in [5.74, 6) is 1.40. The first-order valence-electron chi connectivity index (χ1n) is 9.57. The summed E-state index contributed by atoms with van der Waals surface area (Å²) in [6.45, 7) is 4.64. The highest BCUT2D eigenvalue weighted by Crippen LogP contribution is 2.31. The lowest BCUT2D eigenvalue weighted by molar-refractivity contribution is 0.0739. The van der Waals surface area contributed by atoms with Crippen molar-refractivity contribution in [3.8, 4) is 17.0 Å². The summed E-state index contributed by atoms with van der Waals surface area (Å²) in [4.78, 5) is 25.5. The number of nitrogens with zero attached hydrogens (tertiary/aromatic N) is 6. The molecule has 3 aromatic rings. The number of methoxy groups -OCH3 is 1. The van der Waals surface area contributed by atoms with Crippen LogP contribution >= 0.6 is 0 Å². The summed E-state index contributed by atoms with van der Waals surface area (Å²) in [5, 5.41) is 4.48. The molecule has 1 saturated heterocycles. The van der Waals surface area contributed by atoms with E-state index < -0.39 is 0 Å². The molecule has 0 radical (unpaired) electrons. The van der Waals surface area contributed by atoms with E-state index in [4.69, 9.17) is 4.74 Å². The van der Waals surface area contributed by atoms with Crippen LogP contribution in [-0.2, 0) is 7.05 Å². The Labute approximate surface area is 169 Å². The van der Waals surface area contributed by atoms with Gasteiger partial charge in [0.2, 0.25) is 5.95 Å². The molecule has 1 aromatic carbocycles. The third-order valence-corrected chi connectivity index (χ3v) is 5.13. The van der Waals surface area contributed by atoms with Crippen LogP contribution < -0.4 is 9.64 Å². The van der Waals surface area contributed by atoms with Crippen molar-refractivity contribution in [1.29, 1.82) is 0 Å². The highest BCUT2D eigenvalue weighted by molar-refractivity contribution is 5.94. The Bertz CT molecular complexity index is 1010. The zero-order valence-corrected chi connectivity index (χ0v) is 16.9. The molecule has 0 unspecified atom stereocenters. The number of ether oxygens (including phenoxy) is 1. The highest BCUT2D eigenvalue weighted by Gasteiger charge is 2.26. The van der Waals surface area contributed by atoms with Gasteiger partial charge in [0.05, 0.1) is 12.8 Å². The fourth-order valence-corrected chi connectivity index (χ4v) is 3.57. The van der Waals surface area contributed by atoms with E-state index >= 15 is 0 Å². The standard InChI is InChI=1S/C21H24N6O2/c1-15-5-6-19(29-3)16(13-15)18-14-17(24-25(18)2)20(28)26-9-11-27(12-10-26)21-22-7-4-8-23-21/h4-8,13-14H,9-12H2,1-3H3. The second kappa shape index (κ2) is 7.90. The molecule has 1 aliphatic heterocycles. The number of aryl methyl sites for hydroxylation is 2. The van der Waals surface area contributed by atoms with Gasteiger partial charge in [0.15, 0.2) is 5.69 Å². The average Bonchev–Trinajstić information content (AvgIpc) is 3.15. The van der Waals surface area contributed by atoms with Crippen molar-refractivity contribution in [3.05, 3.63) is 54.0 Å². The van der Waals surface area contributed by atoms with Crippen molar-refractivity contribution in [3.63, 3.8) is 0 Å². The summed E-state index contributed by atoms with van der Waals surface area (Å²) >= 11 is 0. The van der Waals surface area contributed by atoms with Crippen LogP contribution in [0.25, 0.3) is 11.3 Å². The van der Waals surface area contributed by atoms with Gasteiger partial charge in [-0.05, 0) is 31.2 Å². The Morgan fingerprint density at radius 2 is 1.79 bits per heavy atom. The maximum atomic E-state index is 13.0. The van der Waals surface area contributed by atoms with Gasteiger partial charge in [-0.2, -0.15) is 5.10 Å². The van der Waals surface area contributed by atoms with Crippen molar-refractivity contribution in [2.75, 3.05) is 38.2 Å². The number of anilines is 1. The van der Waals surface area contributed by atoms with E-state index in [1.54, 1.807) is 30.3 Å². The van der Waals surface area contributed by atoms with E-state index in [2.05, 4.69) is 20.0 Å². The number of amides is 1. The molecular formula is C21H24N6O2. The molecule has 0 aliphatic carbocycles. The van der Waals surface area contributed by atoms with Gasteiger partial charge in [-0.25, -0.2) is 9.97 Å². The average molecular weight is 392 g/mol. The number of piperazine rings is 1. The smallest absolute Gasteiger partial charge is 0.274 e. The predicted molar refractivity (Wildman–Crippen MR) is 110 cm³/mol. The molecule has 2 aromatic heterocycles. The van der Waals surface area contributed by atoms with E-state index in [-0.39, 0.29) is 5.91 Å². The second-order valence-electron chi connectivity index (χ2n) is 7.07. The van der Waals surface area contributed by atoms with E-state index in [9.17, 15) is 4.79 Å². The molecule has 0 spiro atoms. The third kappa shape index (κ3) is 3.78. The number of hydrogen-bond acceptors (Lipinski definition) is 6. The molecule has 150 valence electrons. The zero-order valence-electron chi connectivity index (χ0n) is 16.9. The minimum Gasteiger partial charge on any atom is -0.496 e. The summed E-state index contributed by atoms with van der Waals surface area (Å²) in [7, 11) is 3.49. The van der Waals surface area contributed by atoms with Crippen LogP contribution in [0.15, 0.2) is 42.7 Å². The first kappa shape index (κ1) is 18.9. The minimum atomic E-state index is -0.0629. The maximum absolute atomic E-state index is 13.0. The SMILES string of the molecule is COc1ccc(C)cc1-c1cc(C(=O)N2CCN(c3ncccn3)CC2)nn1C. The lowest BCUT2D eigenvalue weighted by Gasteiger charge is -2.34. The fourth-order valence-electron chi connectivity index (χ4n) is 3.57. The fraction of sp³-hybridized carbons (Fsp3) is 0.333. The topological polar surface area (TPSA) is 76.4 Å². The number of rotatable bonds is 4. The normalized spacial score (nSPS) is 14.2. The molecule has 8 heteroatoms. The second-order valence-corrected chi connectivity index (χ2v) is 7.07. The third-order valence-electron chi connectivity index (χ3n) is 5.13. The zero-order chi connectivity index (χ0) is 20.4. The van der Waals surface area contributed by atoms with Crippen molar-refractivity contribution in [2.24, 2.45) is 7.05 Å². The highest BCUT2D eigenvalue weighted by atomic mass is 16.5. The van der Waals surface area contributed by atoms with Gasteiger partial charge in [-0.1, -0.05) is 11.6 Å². The molecule has 3 heterocycles. The monoisotopic (exact) mass is 392 g/mol. The summed E-state index contributed by atoms with van der Waals surface area (Å²) in [6.07, 6.45) is 3.46. The van der Waals surface area contributed by atoms with Gasteiger partial charge >= 0.3 is 0 Å². The van der Waals surface area contributed by atoms with Crippen LogP contribution in [0, 0.1) is 6.92 Å². The molecule has 1 amide bonds. The first-order valence-corrected chi connectivity index (χ1v) is 9.57. The lowest BCUT2D eigenvalue weighted by Crippen LogP contribution is -2.49. The largest absolute Gasteiger partial charge is 0.496 e. The van der Waals surface area contributed by atoms with Crippen molar-refractivity contribution in [2.45, 2.75) is 6.92 Å². The predicted octanol–water partition coefficient (Wildman–Crippen LogP) is 2.16. The number of carbonyl (C=O) groups is 1. The molecule has 0 N–H and O–H groups in total. The van der Waals surface area contributed by atoms with Crippen LogP contribution in [0.4, 0.5) is 5.95 Å². The lowest BCUT2D eigenvalue weighted by atomic mass is 10.1. The van der Waals surface area contributed by atoms with E-state index in [0.717, 1.165) is 22.6 Å². The molecule has 1 fully saturated rings. The Balaban J connectivity index is 1.51. The van der Waals surface area contributed by atoms with E-state index in [1.165, 1.54) is 0 Å². The number of aromatic nitrogens is 4. The maximum Gasteiger partial charge on any atom is 0.274 e. The van der Waals surface area contributed by atoms with Crippen molar-refractivity contribution in [1.82, 2.24) is 24.6 Å². The Hall–Kier alpha value is -3.42. The van der Waals surface area contributed by atoms with Crippen LogP contribution in [0.5, 0.6) is 5.75 Å². The van der Waals surface area contributed by atoms with Crippen molar-refractivity contribution < 1.29 is 9.53 Å². The van der Waals surface area contributed by atoms with Gasteiger partial charge in [0.25, 0.3) is 5.91 Å². The molecule has 29 heavy (non-hydrogen) atoms. The number of carbonyl (C=O) groups excluding carboxylic acids is 1. The number of hydrogen-bond donors (Lipinski definition) is 0. The number of benzene rings is 1. The van der Waals surface area contributed by atoms with Gasteiger partial charge in [-0.15, -0.1) is 0 Å². The molecule has 4 rings (SSSR count). The van der Waals surface area contributed by atoms with E-state index in [0.29, 0.717) is 37.8 Å². The Morgan fingerprint density at radius 3 is 2.48 bits per heavy atom. The quantitative estimate of drug-likeness (QED) is 0.677. The van der Waals surface area contributed by atoms with Crippen LogP contribution in [0.3, 0.4) is 0 Å². The van der Waals surface area contributed by atoms with Crippen LogP contribution in [0.1, 0.15) is 16.1 Å². The van der Waals surface area contributed by atoms with Gasteiger partial charge in [0, 0.05) is 51.2 Å².